The minimum Gasteiger partial charge on any atom is -0.390 e. The summed E-state index contributed by atoms with van der Waals surface area (Å²) < 4.78 is 14.6. The van der Waals surface area contributed by atoms with Crippen molar-refractivity contribution in [3.63, 3.8) is 0 Å². The van der Waals surface area contributed by atoms with Gasteiger partial charge in [0.2, 0.25) is 0 Å². The third-order valence-corrected chi connectivity index (χ3v) is 14.6. The molecule has 0 aromatic carbocycles. The minimum absolute atomic E-state index is 0.0600. The number of hydrogen-bond acceptors (Lipinski definition) is 5. The van der Waals surface area contributed by atoms with Crippen molar-refractivity contribution in [2.24, 2.45) is 17.8 Å². The molecule has 0 aromatic heterocycles. The van der Waals surface area contributed by atoms with Gasteiger partial charge < -0.3 is 13.6 Å². The van der Waals surface area contributed by atoms with E-state index in [-0.39, 0.29) is 34.1 Å². The van der Waals surface area contributed by atoms with Gasteiger partial charge in [-0.25, -0.2) is 0 Å². The second-order valence-electron chi connectivity index (χ2n) is 10.1. The molecule has 2 fully saturated rings. The fourth-order valence-corrected chi connectivity index (χ4v) is 13.2. The average molecular weight is 419 g/mol. The van der Waals surface area contributed by atoms with Gasteiger partial charge in [0.25, 0.3) is 0 Å². The number of thioether (sulfide) groups is 2. The highest BCUT2D eigenvalue weighted by atomic mass is 32.2. The summed E-state index contributed by atoms with van der Waals surface area (Å²) in [6.45, 7) is 20.1. The van der Waals surface area contributed by atoms with Crippen LogP contribution in [0.2, 0.25) is 10.1 Å². The molecule has 2 aliphatic heterocycles. The zero-order valence-corrected chi connectivity index (χ0v) is 20.6. The molecule has 5 atom stereocenters. The molecule has 0 aromatic rings. The van der Waals surface area contributed by atoms with Gasteiger partial charge in [-0.15, -0.1) is 23.5 Å². The molecule has 0 amide bonds. The van der Waals surface area contributed by atoms with Crippen molar-refractivity contribution >= 4 is 38.4 Å². The van der Waals surface area contributed by atoms with Crippen molar-refractivity contribution in [3.8, 4) is 0 Å². The zero-order valence-electron chi connectivity index (χ0n) is 18.0. The van der Waals surface area contributed by atoms with E-state index in [0.717, 1.165) is 6.29 Å². The number of hydrogen-bond donors (Lipinski definition) is 0. The molecular formula is C20H38O3S2Si. The van der Waals surface area contributed by atoms with Gasteiger partial charge in [0.05, 0.1) is 16.8 Å². The van der Waals surface area contributed by atoms with Crippen LogP contribution in [0.5, 0.6) is 0 Å². The summed E-state index contributed by atoms with van der Waals surface area (Å²) in [6.07, 6.45) is 1.15. The van der Waals surface area contributed by atoms with Gasteiger partial charge in [-0.05, 0) is 0 Å². The molecule has 152 valence electrons. The maximum atomic E-state index is 11.7. The first kappa shape index (κ1) is 22.8. The Balaban J connectivity index is 2.48. The van der Waals surface area contributed by atoms with Crippen molar-refractivity contribution in [3.05, 3.63) is 0 Å². The Morgan fingerprint density at radius 1 is 0.962 bits per heavy atom. The van der Waals surface area contributed by atoms with Gasteiger partial charge in [-0.1, -0.05) is 62.3 Å². The lowest BCUT2D eigenvalue weighted by atomic mass is 9.85. The first-order valence-electron chi connectivity index (χ1n) is 9.90. The highest BCUT2D eigenvalue weighted by molar-refractivity contribution is 8.20. The molecule has 0 radical (unpaired) electrons. The first-order valence-corrected chi connectivity index (χ1v) is 13.8. The molecule has 26 heavy (non-hydrogen) atoms. The molecule has 2 rings (SSSR count). The molecule has 3 nitrogen and oxygen atoms in total. The van der Waals surface area contributed by atoms with Crippen molar-refractivity contribution in [2.75, 3.05) is 11.5 Å². The quantitative estimate of drug-likeness (QED) is 0.430. The predicted octanol–water partition coefficient (Wildman–Crippen LogP) is 5.73. The van der Waals surface area contributed by atoms with E-state index in [1.165, 1.54) is 11.5 Å². The topological polar surface area (TPSA) is 35.5 Å². The third kappa shape index (κ3) is 4.09. The van der Waals surface area contributed by atoms with Gasteiger partial charge in [0.15, 0.2) is 0 Å². The van der Waals surface area contributed by atoms with Crippen molar-refractivity contribution in [1.29, 1.82) is 0 Å². The fourth-order valence-electron chi connectivity index (χ4n) is 4.73. The lowest BCUT2D eigenvalue weighted by Gasteiger charge is -2.58. The van der Waals surface area contributed by atoms with E-state index in [4.69, 9.17) is 8.85 Å². The average Bonchev–Trinajstić information content (AvgIpc) is 3.05. The standard InChI is InChI=1S/C20H38O3S2Si/c1-13(12-21)16-14(2)17(15(3)18-24-10-11-25-18)23-26(22-16,19(4,5)6)20(7,8)9/h12-18H,10-11H2,1-9H3/t13-,14+,15+,16+,17+/m1/s1. The number of carbonyl (C=O) groups is 1. The van der Waals surface area contributed by atoms with E-state index in [0.29, 0.717) is 10.5 Å². The van der Waals surface area contributed by atoms with Gasteiger partial charge >= 0.3 is 8.56 Å². The summed E-state index contributed by atoms with van der Waals surface area (Å²) in [4.78, 5) is 11.7. The lowest BCUT2D eigenvalue weighted by Crippen LogP contribution is -2.67. The van der Waals surface area contributed by atoms with E-state index in [1.807, 2.05) is 6.92 Å². The molecule has 0 saturated carbocycles. The minimum atomic E-state index is -2.62. The Kier molecular flexibility index (Phi) is 7.09. The van der Waals surface area contributed by atoms with Gasteiger partial charge in [0, 0.05) is 39.3 Å². The van der Waals surface area contributed by atoms with Gasteiger partial charge in [-0.2, -0.15) is 0 Å². The highest BCUT2D eigenvalue weighted by Gasteiger charge is 2.64. The van der Waals surface area contributed by atoms with Crippen LogP contribution in [0, 0.1) is 17.8 Å². The monoisotopic (exact) mass is 418 g/mol. The smallest absolute Gasteiger partial charge is 0.349 e. The SMILES string of the molecule is C[C@H]1[C@H]([C@H](C)C=O)O[Si](C(C)(C)C)(C(C)(C)C)O[C@@H]1[C@H](C)C1SCCS1. The van der Waals surface area contributed by atoms with Crippen LogP contribution in [0.25, 0.3) is 0 Å². The van der Waals surface area contributed by atoms with E-state index in [1.54, 1.807) is 0 Å². The zero-order chi connectivity index (χ0) is 19.9. The van der Waals surface area contributed by atoms with Crippen LogP contribution in [0.4, 0.5) is 0 Å². The summed E-state index contributed by atoms with van der Waals surface area (Å²) in [6, 6.07) is 0. The van der Waals surface area contributed by atoms with E-state index < -0.39 is 8.56 Å². The van der Waals surface area contributed by atoms with Crippen molar-refractivity contribution < 1.29 is 13.6 Å². The Morgan fingerprint density at radius 3 is 1.85 bits per heavy atom. The lowest BCUT2D eigenvalue weighted by molar-refractivity contribution is -0.125. The van der Waals surface area contributed by atoms with Crippen LogP contribution in [-0.4, -0.2) is 43.1 Å². The van der Waals surface area contributed by atoms with Crippen LogP contribution >= 0.6 is 23.5 Å². The molecule has 2 saturated heterocycles. The Hall–Kier alpha value is 0.507. The molecular weight excluding hydrogens is 380 g/mol. The van der Waals surface area contributed by atoms with Crippen LogP contribution in [0.15, 0.2) is 0 Å². The molecule has 0 N–H and O–H groups in total. The Labute approximate surface area is 170 Å². The second-order valence-corrected chi connectivity index (χ2v) is 17.6. The summed E-state index contributed by atoms with van der Waals surface area (Å²) >= 11 is 4.13. The van der Waals surface area contributed by atoms with E-state index in [2.05, 4.69) is 78.9 Å². The normalized spacial score (nSPS) is 33.0. The van der Waals surface area contributed by atoms with Crippen LogP contribution in [0.1, 0.15) is 62.3 Å². The molecule has 6 heteroatoms. The summed E-state index contributed by atoms with van der Waals surface area (Å²) in [7, 11) is -2.62. The molecule has 0 unspecified atom stereocenters. The largest absolute Gasteiger partial charge is 0.390 e. The number of rotatable bonds is 4. The van der Waals surface area contributed by atoms with Crippen LogP contribution < -0.4 is 0 Å². The highest BCUT2D eigenvalue weighted by Crippen LogP contribution is 2.57. The molecule has 2 aliphatic rings. The third-order valence-electron chi connectivity index (χ3n) is 5.94. The molecule has 0 bridgehead atoms. The maximum Gasteiger partial charge on any atom is 0.349 e. The summed E-state index contributed by atoms with van der Waals surface area (Å²) in [5.74, 6) is 3.02. The molecule has 0 aliphatic carbocycles. The first-order chi connectivity index (χ1) is 11.9. The fraction of sp³-hybridized carbons (Fsp3) is 0.950. The summed E-state index contributed by atoms with van der Waals surface area (Å²) in [5, 5.41) is -0.139. The van der Waals surface area contributed by atoms with E-state index >= 15 is 0 Å². The molecule has 0 spiro atoms. The second kappa shape index (κ2) is 8.09. The maximum absolute atomic E-state index is 11.7. The molecule has 2 heterocycles. The Morgan fingerprint density at radius 2 is 1.42 bits per heavy atom. The van der Waals surface area contributed by atoms with Crippen molar-refractivity contribution in [1.82, 2.24) is 0 Å². The van der Waals surface area contributed by atoms with E-state index in [9.17, 15) is 4.79 Å². The van der Waals surface area contributed by atoms with Crippen LogP contribution in [-0.2, 0) is 13.6 Å². The van der Waals surface area contributed by atoms with Gasteiger partial charge in [0.1, 0.15) is 6.29 Å². The predicted molar refractivity (Wildman–Crippen MR) is 117 cm³/mol. The number of aldehydes is 1. The number of carbonyl (C=O) groups excluding carboxylic acids is 1. The van der Waals surface area contributed by atoms with Crippen LogP contribution in [0.3, 0.4) is 0 Å². The van der Waals surface area contributed by atoms with Crippen molar-refractivity contribution in [2.45, 2.75) is 89.2 Å². The summed E-state index contributed by atoms with van der Waals surface area (Å²) in [5.41, 5.74) is 0. The Bertz CT molecular complexity index is 480. The van der Waals surface area contributed by atoms with Gasteiger partial charge in [-0.3, -0.25) is 0 Å².